The number of nitrogens with zero attached hydrogens (tertiary/aromatic N) is 3. The van der Waals surface area contributed by atoms with Gasteiger partial charge in [-0.05, 0) is 56.6 Å². The zero-order valence-electron chi connectivity index (χ0n) is 16.9. The first-order valence-corrected chi connectivity index (χ1v) is 10.6. The van der Waals surface area contributed by atoms with Crippen molar-refractivity contribution in [2.45, 2.75) is 57.5 Å². The van der Waals surface area contributed by atoms with Gasteiger partial charge in [0.05, 0.1) is 0 Å². The van der Waals surface area contributed by atoms with Crippen LogP contribution in [0.4, 0.5) is 0 Å². The highest BCUT2D eigenvalue weighted by molar-refractivity contribution is 5.85. The number of hydrogen-bond acceptors (Lipinski definition) is 4. The maximum Gasteiger partial charge on any atom is 0.254 e. The smallest absolute Gasteiger partial charge is 0.254 e. The molecule has 3 fully saturated rings. The molecule has 1 atom stereocenters. The summed E-state index contributed by atoms with van der Waals surface area (Å²) in [7, 11) is 0. The van der Waals surface area contributed by atoms with Crippen LogP contribution in [0.25, 0.3) is 0 Å². The first-order valence-electron chi connectivity index (χ1n) is 10.6. The highest BCUT2D eigenvalue weighted by Crippen LogP contribution is 2.41. The second-order valence-electron chi connectivity index (χ2n) is 8.86. The molecule has 0 aromatic carbocycles. The highest BCUT2D eigenvalue weighted by atomic mass is 16.5. The third-order valence-corrected chi connectivity index (χ3v) is 6.89. The molecule has 6 nitrogen and oxygen atoms in total. The van der Waals surface area contributed by atoms with Crippen LogP contribution in [0.3, 0.4) is 0 Å². The molecule has 3 saturated heterocycles. The van der Waals surface area contributed by atoms with Crippen LogP contribution in [0.1, 0.15) is 51.1 Å². The zero-order chi connectivity index (χ0) is 19.6. The van der Waals surface area contributed by atoms with Crippen LogP contribution < -0.4 is 0 Å². The van der Waals surface area contributed by atoms with Gasteiger partial charge in [0.1, 0.15) is 5.60 Å². The molecule has 2 amide bonds. The van der Waals surface area contributed by atoms with Gasteiger partial charge in [0.2, 0.25) is 5.91 Å². The van der Waals surface area contributed by atoms with Crippen molar-refractivity contribution in [3.63, 3.8) is 0 Å². The molecule has 1 unspecified atom stereocenters. The zero-order valence-corrected chi connectivity index (χ0v) is 16.9. The number of carbonyl (C=O) groups is 2. The van der Waals surface area contributed by atoms with Crippen molar-refractivity contribution in [1.29, 1.82) is 0 Å². The van der Waals surface area contributed by atoms with Gasteiger partial charge in [-0.2, -0.15) is 0 Å². The number of ether oxygens (including phenoxy) is 1. The van der Waals surface area contributed by atoms with E-state index >= 15 is 0 Å². The summed E-state index contributed by atoms with van der Waals surface area (Å²) in [5.41, 5.74) is 0.564. The molecule has 1 spiro atoms. The van der Waals surface area contributed by atoms with Gasteiger partial charge in [-0.1, -0.05) is 6.07 Å². The summed E-state index contributed by atoms with van der Waals surface area (Å²) in [4.78, 5) is 33.7. The average Bonchev–Trinajstić information content (AvgIpc) is 3.17. The highest BCUT2D eigenvalue weighted by Gasteiger charge is 2.45. The summed E-state index contributed by atoms with van der Waals surface area (Å²) in [6.07, 6.45) is 7.90. The lowest BCUT2D eigenvalue weighted by atomic mass is 9.72. The van der Waals surface area contributed by atoms with Crippen molar-refractivity contribution in [2.75, 3.05) is 32.8 Å². The number of carbonyl (C=O) groups excluding carboxylic acids is 2. The molecular formula is C22H31N3O3. The fourth-order valence-corrected chi connectivity index (χ4v) is 4.98. The number of piperidine rings is 2. The fraction of sp³-hybridized carbons (Fsp3) is 0.682. The standard InChI is InChI=1S/C22H31N3O3/c1-21(8-4-16-28-21)20(27)24-14-10-22(11-15-24)9-6-19(26)25(17-22)13-7-18-5-2-3-12-23-18/h2-3,5,12H,4,6-11,13-17H2,1H3. The molecular weight excluding hydrogens is 354 g/mol. The molecule has 28 heavy (non-hydrogen) atoms. The van der Waals surface area contributed by atoms with E-state index in [-0.39, 0.29) is 17.2 Å². The van der Waals surface area contributed by atoms with Gasteiger partial charge in [-0.25, -0.2) is 0 Å². The third kappa shape index (κ3) is 3.93. The van der Waals surface area contributed by atoms with Gasteiger partial charge in [0, 0.05) is 57.5 Å². The Hall–Kier alpha value is -1.95. The molecule has 0 bridgehead atoms. The monoisotopic (exact) mass is 385 g/mol. The number of pyridine rings is 1. The van der Waals surface area contributed by atoms with Gasteiger partial charge >= 0.3 is 0 Å². The van der Waals surface area contributed by atoms with E-state index in [9.17, 15) is 9.59 Å². The molecule has 1 aromatic rings. The lowest BCUT2D eigenvalue weighted by Gasteiger charge is -2.48. The number of hydrogen-bond donors (Lipinski definition) is 0. The Morgan fingerprint density at radius 1 is 1.21 bits per heavy atom. The minimum absolute atomic E-state index is 0.152. The molecule has 0 aliphatic carbocycles. The lowest BCUT2D eigenvalue weighted by molar-refractivity contribution is -0.155. The average molecular weight is 386 g/mol. The molecule has 4 heterocycles. The summed E-state index contributed by atoms with van der Waals surface area (Å²) >= 11 is 0. The van der Waals surface area contributed by atoms with Crippen molar-refractivity contribution in [3.8, 4) is 0 Å². The Morgan fingerprint density at radius 2 is 2.04 bits per heavy atom. The van der Waals surface area contributed by atoms with Gasteiger partial charge in [0.15, 0.2) is 0 Å². The Kier molecular flexibility index (Phi) is 5.41. The molecule has 3 aliphatic heterocycles. The second-order valence-corrected chi connectivity index (χ2v) is 8.86. The minimum Gasteiger partial charge on any atom is -0.365 e. The largest absolute Gasteiger partial charge is 0.365 e. The van der Waals surface area contributed by atoms with Crippen LogP contribution in [-0.4, -0.2) is 65.0 Å². The normalized spacial score (nSPS) is 27.4. The Labute approximate surface area is 167 Å². The van der Waals surface area contributed by atoms with Crippen molar-refractivity contribution in [3.05, 3.63) is 30.1 Å². The van der Waals surface area contributed by atoms with E-state index in [1.54, 1.807) is 6.20 Å². The molecule has 0 saturated carbocycles. The van der Waals surface area contributed by atoms with E-state index in [0.717, 1.165) is 70.4 Å². The Morgan fingerprint density at radius 3 is 2.71 bits per heavy atom. The summed E-state index contributed by atoms with van der Waals surface area (Å²) in [6.45, 7) is 5.72. The molecule has 3 aliphatic rings. The number of likely N-dealkylation sites (tertiary alicyclic amines) is 2. The van der Waals surface area contributed by atoms with Crippen LogP contribution >= 0.6 is 0 Å². The fourth-order valence-electron chi connectivity index (χ4n) is 4.98. The quantitative estimate of drug-likeness (QED) is 0.799. The first kappa shape index (κ1) is 19.4. The predicted molar refractivity (Wildman–Crippen MR) is 106 cm³/mol. The maximum absolute atomic E-state index is 12.9. The minimum atomic E-state index is -0.623. The van der Waals surface area contributed by atoms with Crippen LogP contribution in [0.5, 0.6) is 0 Å². The van der Waals surface area contributed by atoms with Crippen LogP contribution in [-0.2, 0) is 20.7 Å². The molecule has 4 rings (SSSR count). The molecule has 6 heteroatoms. The molecule has 0 N–H and O–H groups in total. The van der Waals surface area contributed by atoms with Crippen molar-refractivity contribution < 1.29 is 14.3 Å². The predicted octanol–water partition coefficient (Wildman–Crippen LogP) is 2.42. The van der Waals surface area contributed by atoms with E-state index in [1.807, 2.05) is 34.9 Å². The maximum atomic E-state index is 12.9. The third-order valence-electron chi connectivity index (χ3n) is 6.89. The van der Waals surface area contributed by atoms with Crippen molar-refractivity contribution in [1.82, 2.24) is 14.8 Å². The van der Waals surface area contributed by atoms with E-state index in [1.165, 1.54) is 0 Å². The summed E-state index contributed by atoms with van der Waals surface area (Å²) in [5.74, 6) is 0.408. The summed E-state index contributed by atoms with van der Waals surface area (Å²) < 4.78 is 5.75. The van der Waals surface area contributed by atoms with Gasteiger partial charge in [-0.3, -0.25) is 14.6 Å². The molecule has 0 radical (unpaired) electrons. The van der Waals surface area contributed by atoms with E-state index in [0.29, 0.717) is 13.0 Å². The van der Waals surface area contributed by atoms with E-state index in [4.69, 9.17) is 4.74 Å². The SMILES string of the molecule is CC1(C(=O)N2CCC3(CCC(=O)N(CCc4ccccn4)C3)CC2)CCCO1. The number of rotatable bonds is 4. The van der Waals surface area contributed by atoms with E-state index in [2.05, 4.69) is 4.98 Å². The molecule has 1 aromatic heterocycles. The summed E-state index contributed by atoms with van der Waals surface area (Å²) in [6, 6.07) is 5.92. The Balaban J connectivity index is 1.34. The molecule has 152 valence electrons. The van der Waals surface area contributed by atoms with Gasteiger partial charge in [-0.15, -0.1) is 0 Å². The van der Waals surface area contributed by atoms with Crippen LogP contribution in [0.2, 0.25) is 0 Å². The summed E-state index contributed by atoms with van der Waals surface area (Å²) in [5, 5.41) is 0. The van der Waals surface area contributed by atoms with Crippen LogP contribution in [0.15, 0.2) is 24.4 Å². The second kappa shape index (κ2) is 7.82. The van der Waals surface area contributed by atoms with Gasteiger partial charge in [0.25, 0.3) is 5.91 Å². The van der Waals surface area contributed by atoms with Gasteiger partial charge < -0.3 is 14.5 Å². The van der Waals surface area contributed by atoms with E-state index < -0.39 is 5.60 Å². The number of aromatic nitrogens is 1. The van der Waals surface area contributed by atoms with Crippen molar-refractivity contribution >= 4 is 11.8 Å². The van der Waals surface area contributed by atoms with Crippen LogP contribution in [0, 0.1) is 5.41 Å². The first-order chi connectivity index (χ1) is 13.5. The van der Waals surface area contributed by atoms with Crippen molar-refractivity contribution in [2.24, 2.45) is 5.41 Å². The number of amides is 2. The Bertz CT molecular complexity index is 707. The topological polar surface area (TPSA) is 62.7 Å². The lowest BCUT2D eigenvalue weighted by Crippen LogP contribution is -2.55.